The van der Waals surface area contributed by atoms with Crippen molar-refractivity contribution in [1.29, 1.82) is 0 Å². The van der Waals surface area contributed by atoms with Crippen LogP contribution in [0.1, 0.15) is 67.8 Å². The number of aromatic amines is 1. The van der Waals surface area contributed by atoms with Gasteiger partial charge in [0.2, 0.25) is 5.91 Å². The molecule has 9 heteroatoms. The first-order chi connectivity index (χ1) is 13.7. The summed E-state index contributed by atoms with van der Waals surface area (Å²) in [5.74, 6) is 0.618. The Morgan fingerprint density at radius 3 is 2.76 bits per heavy atom. The third-order valence-electron chi connectivity index (χ3n) is 5.25. The fraction of sp³-hybridized carbons (Fsp3) is 0.600. The summed E-state index contributed by atoms with van der Waals surface area (Å²) in [6, 6.07) is 3.72. The van der Waals surface area contributed by atoms with Crippen LogP contribution >= 0.6 is 0 Å². The number of anilines is 1. The number of hydrogen-bond donors (Lipinski definition) is 3. The molecule has 2 amide bonds. The molecule has 29 heavy (non-hydrogen) atoms. The van der Waals surface area contributed by atoms with Gasteiger partial charge in [0.15, 0.2) is 5.82 Å². The van der Waals surface area contributed by atoms with E-state index in [-0.39, 0.29) is 23.3 Å². The standard InChI is InChI=1S/C20H30N6O3/c1-12(2)21-18(27)10-20(3)8-13(9-20)15-7-17(24-23-15)22-19(28)16-6-14(11-29-5)25-26(16)4/h6-7,12-13H,8-11H2,1-5H3,(H,21,27)(H2,22,23,24,28). The van der Waals surface area contributed by atoms with Crippen LogP contribution in [0.3, 0.4) is 0 Å². The lowest BCUT2D eigenvalue weighted by atomic mass is 9.60. The van der Waals surface area contributed by atoms with Gasteiger partial charge in [-0.25, -0.2) is 0 Å². The number of amides is 2. The molecule has 0 aliphatic heterocycles. The summed E-state index contributed by atoms with van der Waals surface area (Å²) in [6.07, 6.45) is 2.36. The van der Waals surface area contributed by atoms with E-state index in [0.717, 1.165) is 18.5 Å². The smallest absolute Gasteiger partial charge is 0.275 e. The molecule has 9 nitrogen and oxygen atoms in total. The number of nitrogens with one attached hydrogen (secondary N) is 3. The Hall–Kier alpha value is -2.68. The summed E-state index contributed by atoms with van der Waals surface area (Å²) in [5.41, 5.74) is 2.11. The Balaban J connectivity index is 1.55. The van der Waals surface area contributed by atoms with Gasteiger partial charge in [0, 0.05) is 44.3 Å². The van der Waals surface area contributed by atoms with Gasteiger partial charge < -0.3 is 15.4 Å². The third kappa shape index (κ3) is 5.03. The van der Waals surface area contributed by atoms with Crippen molar-refractivity contribution in [3.63, 3.8) is 0 Å². The van der Waals surface area contributed by atoms with Crippen molar-refractivity contribution in [1.82, 2.24) is 25.3 Å². The maximum atomic E-state index is 12.5. The van der Waals surface area contributed by atoms with Gasteiger partial charge in [-0.05, 0) is 38.2 Å². The molecule has 2 heterocycles. The maximum Gasteiger partial charge on any atom is 0.275 e. The van der Waals surface area contributed by atoms with Gasteiger partial charge in [0.1, 0.15) is 5.69 Å². The fourth-order valence-electron chi connectivity index (χ4n) is 4.00. The quantitative estimate of drug-likeness (QED) is 0.627. The highest BCUT2D eigenvalue weighted by Crippen LogP contribution is 2.52. The first-order valence-electron chi connectivity index (χ1n) is 9.87. The number of carbonyl (C=O) groups is 2. The van der Waals surface area contributed by atoms with Crippen molar-refractivity contribution in [2.45, 2.75) is 58.6 Å². The van der Waals surface area contributed by atoms with Crippen LogP contribution in [-0.2, 0) is 23.2 Å². The van der Waals surface area contributed by atoms with Gasteiger partial charge in [-0.1, -0.05) is 6.92 Å². The van der Waals surface area contributed by atoms with Crippen LogP contribution in [-0.4, -0.2) is 44.9 Å². The van der Waals surface area contributed by atoms with Crippen molar-refractivity contribution in [2.75, 3.05) is 12.4 Å². The Kier molecular flexibility index (Phi) is 6.07. The molecule has 0 unspecified atom stereocenters. The molecule has 1 fully saturated rings. The van der Waals surface area contributed by atoms with Gasteiger partial charge in [-0.2, -0.15) is 10.2 Å². The fourth-order valence-corrected chi connectivity index (χ4v) is 4.00. The number of rotatable bonds is 8. The third-order valence-corrected chi connectivity index (χ3v) is 5.25. The minimum atomic E-state index is -0.274. The highest BCUT2D eigenvalue weighted by atomic mass is 16.5. The topological polar surface area (TPSA) is 114 Å². The molecule has 0 saturated heterocycles. The molecule has 2 aromatic rings. The number of aryl methyl sites for hydroxylation is 1. The van der Waals surface area contributed by atoms with E-state index in [0.29, 0.717) is 36.2 Å². The van der Waals surface area contributed by atoms with Gasteiger partial charge >= 0.3 is 0 Å². The zero-order valence-electron chi connectivity index (χ0n) is 17.7. The minimum absolute atomic E-state index is 0.00458. The number of nitrogens with zero attached hydrogens (tertiary/aromatic N) is 3. The van der Waals surface area contributed by atoms with E-state index in [1.54, 1.807) is 20.2 Å². The molecular formula is C20H30N6O3. The van der Waals surface area contributed by atoms with Crippen LogP contribution in [0, 0.1) is 5.41 Å². The zero-order chi connectivity index (χ0) is 21.2. The average molecular weight is 402 g/mol. The highest BCUT2D eigenvalue weighted by molar-refractivity contribution is 6.02. The summed E-state index contributed by atoms with van der Waals surface area (Å²) < 4.78 is 6.58. The van der Waals surface area contributed by atoms with Crippen LogP contribution in [0.2, 0.25) is 0 Å². The largest absolute Gasteiger partial charge is 0.378 e. The molecule has 1 saturated carbocycles. The Morgan fingerprint density at radius 1 is 1.38 bits per heavy atom. The lowest BCUT2D eigenvalue weighted by molar-refractivity contribution is -0.125. The summed E-state index contributed by atoms with van der Waals surface area (Å²) >= 11 is 0. The second kappa shape index (κ2) is 8.36. The number of hydrogen-bond acceptors (Lipinski definition) is 5. The van der Waals surface area contributed by atoms with Crippen molar-refractivity contribution in [3.8, 4) is 0 Å². The van der Waals surface area contributed by atoms with Gasteiger partial charge in [0.05, 0.1) is 12.3 Å². The average Bonchev–Trinajstić information content (AvgIpc) is 3.18. The van der Waals surface area contributed by atoms with E-state index in [1.165, 1.54) is 4.68 Å². The number of H-pyrrole nitrogens is 1. The lowest BCUT2D eigenvalue weighted by Gasteiger charge is -2.44. The molecule has 2 aromatic heterocycles. The molecule has 0 atom stereocenters. The monoisotopic (exact) mass is 402 g/mol. The van der Waals surface area contributed by atoms with Crippen molar-refractivity contribution < 1.29 is 14.3 Å². The predicted octanol–water partition coefficient (Wildman–Crippen LogP) is 2.34. The molecule has 0 aromatic carbocycles. The van der Waals surface area contributed by atoms with Crippen LogP contribution in [0.4, 0.5) is 5.82 Å². The number of ether oxygens (including phenoxy) is 1. The number of carbonyl (C=O) groups excluding carboxylic acids is 2. The van der Waals surface area contributed by atoms with E-state index in [9.17, 15) is 9.59 Å². The second-order valence-corrected chi connectivity index (χ2v) is 8.56. The summed E-state index contributed by atoms with van der Waals surface area (Å²) in [6.45, 7) is 6.42. The van der Waals surface area contributed by atoms with Crippen molar-refractivity contribution in [3.05, 3.63) is 29.2 Å². The Bertz CT molecular complexity index is 879. The SMILES string of the molecule is COCc1cc(C(=O)Nc2cc(C3CC(C)(CC(=O)NC(C)C)C3)[nH]n2)n(C)n1. The van der Waals surface area contributed by atoms with E-state index >= 15 is 0 Å². The van der Waals surface area contributed by atoms with Crippen LogP contribution in [0.15, 0.2) is 12.1 Å². The predicted molar refractivity (Wildman–Crippen MR) is 108 cm³/mol. The Morgan fingerprint density at radius 2 is 2.10 bits per heavy atom. The van der Waals surface area contributed by atoms with Gasteiger partial charge in [-0.3, -0.25) is 19.4 Å². The summed E-state index contributed by atoms with van der Waals surface area (Å²) in [7, 11) is 3.30. The van der Waals surface area contributed by atoms with Crippen LogP contribution < -0.4 is 10.6 Å². The second-order valence-electron chi connectivity index (χ2n) is 8.56. The molecule has 3 rings (SSSR count). The van der Waals surface area contributed by atoms with Crippen molar-refractivity contribution in [2.24, 2.45) is 12.5 Å². The van der Waals surface area contributed by atoms with E-state index in [1.807, 2.05) is 19.9 Å². The first kappa shape index (κ1) is 21.0. The maximum absolute atomic E-state index is 12.5. The molecule has 3 N–H and O–H groups in total. The minimum Gasteiger partial charge on any atom is -0.378 e. The van der Waals surface area contributed by atoms with E-state index in [2.05, 4.69) is 32.9 Å². The number of methoxy groups -OCH3 is 1. The van der Waals surface area contributed by atoms with Gasteiger partial charge in [0.25, 0.3) is 5.91 Å². The lowest BCUT2D eigenvalue weighted by Crippen LogP contribution is -2.40. The van der Waals surface area contributed by atoms with Crippen LogP contribution in [0.5, 0.6) is 0 Å². The first-order valence-corrected chi connectivity index (χ1v) is 9.87. The van der Waals surface area contributed by atoms with Gasteiger partial charge in [-0.15, -0.1) is 0 Å². The highest BCUT2D eigenvalue weighted by Gasteiger charge is 2.43. The molecule has 0 spiro atoms. The summed E-state index contributed by atoms with van der Waals surface area (Å²) in [5, 5.41) is 17.2. The molecule has 0 bridgehead atoms. The molecule has 158 valence electrons. The van der Waals surface area contributed by atoms with Crippen LogP contribution in [0.25, 0.3) is 0 Å². The molecule has 1 aliphatic carbocycles. The number of aromatic nitrogens is 4. The van der Waals surface area contributed by atoms with E-state index in [4.69, 9.17) is 4.74 Å². The molecule has 1 aliphatic rings. The Labute approximate surface area is 170 Å². The molecular weight excluding hydrogens is 372 g/mol. The normalized spacial score (nSPS) is 21.1. The molecule has 0 radical (unpaired) electrons. The summed E-state index contributed by atoms with van der Waals surface area (Å²) in [4.78, 5) is 24.6. The van der Waals surface area contributed by atoms with E-state index < -0.39 is 0 Å². The van der Waals surface area contributed by atoms with Crippen molar-refractivity contribution >= 4 is 17.6 Å². The zero-order valence-corrected chi connectivity index (χ0v) is 17.7.